The Hall–Kier alpha value is -1.44. The molecule has 25 heavy (non-hydrogen) atoms. The summed E-state index contributed by atoms with van der Waals surface area (Å²) in [5.41, 5.74) is -0.917. The number of hydrogen-bond acceptors (Lipinski definition) is 5. The highest BCUT2D eigenvalue weighted by atomic mass is 32.1. The summed E-state index contributed by atoms with van der Waals surface area (Å²) in [6.45, 7) is 10.0. The summed E-state index contributed by atoms with van der Waals surface area (Å²) >= 11 is 3.28. The molecule has 0 aromatic carbocycles. The molecule has 0 amide bonds. The Morgan fingerprint density at radius 3 is 2.84 bits per heavy atom. The van der Waals surface area contributed by atoms with Crippen LogP contribution in [-0.4, -0.2) is 29.1 Å². The number of thiazole rings is 1. The second kappa shape index (κ2) is 9.31. The van der Waals surface area contributed by atoms with Crippen LogP contribution in [0.1, 0.15) is 42.5 Å². The normalized spacial score (nSPS) is 14.6. The minimum absolute atomic E-state index is 0.403. The lowest BCUT2D eigenvalue weighted by molar-refractivity contribution is 0.0655. The zero-order chi connectivity index (χ0) is 18.3. The molecular weight excluding hydrogens is 352 g/mol. The molecular formula is C18H28N4OS2. The van der Waals surface area contributed by atoms with E-state index in [2.05, 4.69) is 34.5 Å². The Balaban J connectivity index is 1.95. The van der Waals surface area contributed by atoms with Crippen molar-refractivity contribution in [3.8, 4) is 0 Å². The number of hydrogen-bond donors (Lipinski definition) is 3. The number of thiophene rings is 1. The average molecular weight is 381 g/mol. The first kappa shape index (κ1) is 19.9. The van der Waals surface area contributed by atoms with Gasteiger partial charge in [-0.15, -0.1) is 22.7 Å². The lowest BCUT2D eigenvalue weighted by Crippen LogP contribution is -2.44. The quantitative estimate of drug-likeness (QED) is 0.485. The van der Waals surface area contributed by atoms with Gasteiger partial charge in [0, 0.05) is 28.9 Å². The first-order valence-corrected chi connectivity index (χ1v) is 10.3. The highest BCUT2D eigenvalue weighted by molar-refractivity contribution is 7.11. The molecule has 1 unspecified atom stereocenters. The molecule has 0 spiro atoms. The molecule has 0 aliphatic carbocycles. The van der Waals surface area contributed by atoms with Crippen LogP contribution in [0.15, 0.2) is 28.7 Å². The number of guanidine groups is 1. The van der Waals surface area contributed by atoms with Gasteiger partial charge in [0.1, 0.15) is 5.60 Å². The molecule has 2 aromatic rings. The molecule has 138 valence electrons. The van der Waals surface area contributed by atoms with E-state index in [1.807, 2.05) is 37.6 Å². The van der Waals surface area contributed by atoms with Crippen molar-refractivity contribution in [3.63, 3.8) is 0 Å². The van der Waals surface area contributed by atoms with E-state index in [1.54, 1.807) is 22.7 Å². The van der Waals surface area contributed by atoms with Gasteiger partial charge in [0.15, 0.2) is 5.96 Å². The number of aromatic nitrogens is 1. The second-order valence-electron chi connectivity index (χ2n) is 6.62. The summed E-state index contributed by atoms with van der Waals surface area (Å²) in [6, 6.07) is 3.90. The third kappa shape index (κ3) is 6.41. The lowest BCUT2D eigenvalue weighted by atomic mass is 10.1. The van der Waals surface area contributed by atoms with Gasteiger partial charge in [-0.2, -0.15) is 0 Å². The molecule has 2 aromatic heterocycles. The van der Waals surface area contributed by atoms with Crippen LogP contribution in [0.25, 0.3) is 0 Å². The van der Waals surface area contributed by atoms with Gasteiger partial charge in [-0.3, -0.25) is 0 Å². The summed E-state index contributed by atoms with van der Waals surface area (Å²) in [7, 11) is 0. The molecule has 0 radical (unpaired) electrons. The van der Waals surface area contributed by atoms with Crippen LogP contribution < -0.4 is 10.6 Å². The fourth-order valence-corrected chi connectivity index (χ4v) is 4.14. The van der Waals surface area contributed by atoms with Crippen LogP contribution in [0, 0.1) is 5.92 Å². The van der Waals surface area contributed by atoms with Crippen LogP contribution in [0.5, 0.6) is 0 Å². The van der Waals surface area contributed by atoms with E-state index in [0.717, 1.165) is 22.7 Å². The molecule has 3 N–H and O–H groups in total. The molecule has 0 fully saturated rings. The van der Waals surface area contributed by atoms with Crippen molar-refractivity contribution in [1.82, 2.24) is 15.6 Å². The topological polar surface area (TPSA) is 69.5 Å². The van der Waals surface area contributed by atoms with E-state index in [4.69, 9.17) is 0 Å². The fraction of sp³-hybridized carbons (Fsp3) is 0.556. The number of nitrogens with zero attached hydrogens (tertiary/aromatic N) is 2. The molecule has 0 aliphatic heterocycles. The molecule has 0 bridgehead atoms. The summed E-state index contributed by atoms with van der Waals surface area (Å²) in [4.78, 5) is 11.2. The molecule has 2 rings (SSSR count). The second-order valence-corrected chi connectivity index (χ2v) is 8.77. The Kier molecular flexibility index (Phi) is 7.40. The minimum atomic E-state index is -0.917. The fourth-order valence-electron chi connectivity index (χ4n) is 2.29. The van der Waals surface area contributed by atoms with Crippen LogP contribution in [0.3, 0.4) is 0 Å². The van der Waals surface area contributed by atoms with Crippen molar-refractivity contribution in [2.24, 2.45) is 10.9 Å². The van der Waals surface area contributed by atoms with Gasteiger partial charge in [-0.1, -0.05) is 19.9 Å². The van der Waals surface area contributed by atoms with E-state index in [0.29, 0.717) is 25.0 Å². The van der Waals surface area contributed by atoms with Crippen LogP contribution in [0.2, 0.25) is 0 Å². The van der Waals surface area contributed by atoms with Crippen molar-refractivity contribution in [2.75, 3.05) is 13.1 Å². The smallest absolute Gasteiger partial charge is 0.191 e. The zero-order valence-corrected chi connectivity index (χ0v) is 17.0. The van der Waals surface area contributed by atoms with Crippen LogP contribution in [0.4, 0.5) is 0 Å². The van der Waals surface area contributed by atoms with Gasteiger partial charge < -0.3 is 15.7 Å². The van der Waals surface area contributed by atoms with Gasteiger partial charge in [0.05, 0.1) is 18.1 Å². The van der Waals surface area contributed by atoms with E-state index in [1.165, 1.54) is 5.01 Å². The average Bonchev–Trinajstić information content (AvgIpc) is 3.21. The summed E-state index contributed by atoms with van der Waals surface area (Å²) in [5.74, 6) is 1.32. The molecule has 1 atom stereocenters. The van der Waals surface area contributed by atoms with E-state index < -0.39 is 5.60 Å². The Morgan fingerprint density at radius 1 is 1.40 bits per heavy atom. The standard InChI is InChI=1S/C18H28N4OS2/c1-5-19-17(22-12-18(4,23)15-7-6-8-24-15)21-11-14-10-20-16(25-14)9-13(2)3/h6-8,10,13,23H,5,9,11-12H2,1-4H3,(H2,19,21,22). The maximum atomic E-state index is 10.6. The molecule has 7 heteroatoms. The van der Waals surface area contributed by atoms with Crippen molar-refractivity contribution in [2.45, 2.75) is 46.3 Å². The predicted molar refractivity (Wildman–Crippen MR) is 107 cm³/mol. The van der Waals surface area contributed by atoms with Crippen LogP contribution in [-0.2, 0) is 18.6 Å². The highest BCUT2D eigenvalue weighted by Gasteiger charge is 2.24. The molecule has 2 heterocycles. The molecule has 0 saturated carbocycles. The summed E-state index contributed by atoms with van der Waals surface area (Å²) in [6.07, 6.45) is 2.92. The van der Waals surface area contributed by atoms with Gasteiger partial charge >= 0.3 is 0 Å². The Bertz CT molecular complexity index is 662. The SMILES string of the molecule is CCNC(=NCc1cnc(CC(C)C)s1)NCC(C)(O)c1cccs1. The Morgan fingerprint density at radius 2 is 2.20 bits per heavy atom. The zero-order valence-electron chi connectivity index (χ0n) is 15.4. The van der Waals surface area contributed by atoms with Crippen molar-refractivity contribution < 1.29 is 5.11 Å². The largest absolute Gasteiger partial charge is 0.383 e. The highest BCUT2D eigenvalue weighted by Crippen LogP contribution is 2.24. The minimum Gasteiger partial charge on any atom is -0.383 e. The number of aliphatic imine (C=N–C) groups is 1. The molecule has 0 aliphatic rings. The van der Waals surface area contributed by atoms with Crippen molar-refractivity contribution in [3.05, 3.63) is 38.5 Å². The third-order valence-electron chi connectivity index (χ3n) is 3.57. The number of nitrogens with one attached hydrogen (secondary N) is 2. The van der Waals surface area contributed by atoms with Crippen LogP contribution >= 0.6 is 22.7 Å². The lowest BCUT2D eigenvalue weighted by Gasteiger charge is -2.23. The van der Waals surface area contributed by atoms with Crippen molar-refractivity contribution >= 4 is 28.6 Å². The molecule has 5 nitrogen and oxygen atoms in total. The van der Waals surface area contributed by atoms with Crippen molar-refractivity contribution in [1.29, 1.82) is 0 Å². The number of rotatable bonds is 8. The van der Waals surface area contributed by atoms with E-state index in [9.17, 15) is 5.11 Å². The molecule has 0 saturated heterocycles. The maximum absolute atomic E-state index is 10.6. The summed E-state index contributed by atoms with van der Waals surface area (Å²) < 4.78 is 0. The summed E-state index contributed by atoms with van der Waals surface area (Å²) in [5, 5.41) is 20.2. The number of aliphatic hydroxyl groups is 1. The Labute approximate surface area is 158 Å². The van der Waals surface area contributed by atoms with E-state index in [-0.39, 0.29) is 0 Å². The maximum Gasteiger partial charge on any atom is 0.191 e. The monoisotopic (exact) mass is 380 g/mol. The first-order chi connectivity index (χ1) is 11.9. The predicted octanol–water partition coefficient (Wildman–Crippen LogP) is 3.37. The first-order valence-electron chi connectivity index (χ1n) is 8.63. The van der Waals surface area contributed by atoms with Gasteiger partial charge in [0.2, 0.25) is 0 Å². The van der Waals surface area contributed by atoms with Gasteiger partial charge in [0.25, 0.3) is 0 Å². The van der Waals surface area contributed by atoms with E-state index >= 15 is 0 Å². The van der Waals surface area contributed by atoms with Gasteiger partial charge in [-0.05, 0) is 31.2 Å². The third-order valence-corrected chi connectivity index (χ3v) is 5.70. The van der Waals surface area contributed by atoms with Gasteiger partial charge in [-0.25, -0.2) is 9.98 Å².